The molecule has 0 fully saturated rings. The number of amides is 1. The molecule has 0 saturated carbocycles. The maximum absolute atomic E-state index is 13.0. The van der Waals surface area contributed by atoms with Crippen LogP contribution in [0.15, 0.2) is 42.5 Å². The summed E-state index contributed by atoms with van der Waals surface area (Å²) in [6.45, 7) is 2.25. The molecule has 1 aliphatic carbocycles. The summed E-state index contributed by atoms with van der Waals surface area (Å²) in [4.78, 5) is 26.8. The van der Waals surface area contributed by atoms with Crippen LogP contribution in [0.3, 0.4) is 0 Å². The van der Waals surface area contributed by atoms with Crippen LogP contribution in [-0.4, -0.2) is 19.0 Å². The molecule has 5 rings (SSSR count). The zero-order valence-corrected chi connectivity index (χ0v) is 19.8. The summed E-state index contributed by atoms with van der Waals surface area (Å²) in [6.07, 6.45) is 2.66. The molecule has 0 saturated heterocycles. The number of carbonyl (C=O) groups excluding carboxylic acids is 2. The third-order valence-electron chi connectivity index (χ3n) is 6.11. The molecule has 1 amide bonds. The van der Waals surface area contributed by atoms with Crippen molar-refractivity contribution in [1.29, 1.82) is 0 Å². The highest BCUT2D eigenvalue weighted by Gasteiger charge is 2.33. The number of nitrogens with one attached hydrogen (secondary N) is 2. The average Bonchev–Trinajstić information content (AvgIpc) is 3.17. The lowest BCUT2D eigenvalue weighted by Gasteiger charge is -2.27. The Bertz CT molecular complexity index is 1260. The molecule has 6 nitrogen and oxygen atoms in total. The lowest BCUT2D eigenvalue weighted by Crippen LogP contribution is -2.38. The number of hydrogen-bond donors (Lipinski definition) is 2. The van der Waals surface area contributed by atoms with Crippen LogP contribution < -0.4 is 20.1 Å². The van der Waals surface area contributed by atoms with Gasteiger partial charge >= 0.3 is 5.97 Å². The Morgan fingerprint density at radius 2 is 1.97 bits per heavy atom. The van der Waals surface area contributed by atoms with E-state index in [0.29, 0.717) is 16.7 Å². The van der Waals surface area contributed by atoms with Gasteiger partial charge in [-0.05, 0) is 60.6 Å². The first kappa shape index (κ1) is 21.8. The van der Waals surface area contributed by atoms with Crippen molar-refractivity contribution in [1.82, 2.24) is 5.32 Å². The number of benzene rings is 2. The molecule has 1 aromatic heterocycles. The Morgan fingerprint density at radius 3 is 2.76 bits per heavy atom. The molecule has 0 unspecified atom stereocenters. The fourth-order valence-electron chi connectivity index (χ4n) is 4.36. The molecule has 0 radical (unpaired) electrons. The summed E-state index contributed by atoms with van der Waals surface area (Å²) in [5.41, 5.74) is 3.05. The third-order valence-corrected chi connectivity index (χ3v) is 7.62. The van der Waals surface area contributed by atoms with Crippen LogP contribution in [0.4, 0.5) is 5.00 Å². The fourth-order valence-corrected chi connectivity index (χ4v) is 6.01. The topological polar surface area (TPSA) is 76.7 Å². The zero-order valence-electron chi connectivity index (χ0n) is 18.2. The van der Waals surface area contributed by atoms with Gasteiger partial charge in [0.25, 0.3) is 5.91 Å². The molecule has 2 atom stereocenters. The molecule has 2 N–H and O–H groups in total. The maximum atomic E-state index is 13.0. The van der Waals surface area contributed by atoms with Crippen LogP contribution in [0.2, 0.25) is 5.02 Å². The van der Waals surface area contributed by atoms with Gasteiger partial charge in [0.1, 0.15) is 11.2 Å². The number of carbonyl (C=O) groups is 2. The molecular formula is C25H23ClN2O4S. The van der Waals surface area contributed by atoms with E-state index in [1.165, 1.54) is 17.6 Å². The van der Waals surface area contributed by atoms with Gasteiger partial charge in [0.15, 0.2) is 11.5 Å². The van der Waals surface area contributed by atoms with E-state index < -0.39 is 12.1 Å². The Kier molecular flexibility index (Phi) is 5.76. The number of anilines is 1. The first-order chi connectivity index (χ1) is 15.9. The quantitative estimate of drug-likeness (QED) is 0.373. The molecule has 2 aliphatic rings. The summed E-state index contributed by atoms with van der Waals surface area (Å²) >= 11 is 7.79. The van der Waals surface area contributed by atoms with Gasteiger partial charge in [-0.1, -0.05) is 36.7 Å². The van der Waals surface area contributed by atoms with E-state index in [1.54, 1.807) is 53.8 Å². The summed E-state index contributed by atoms with van der Waals surface area (Å²) in [5, 5.41) is 7.75. The van der Waals surface area contributed by atoms with Crippen LogP contribution in [0.25, 0.3) is 0 Å². The number of rotatable bonds is 4. The molecule has 170 valence electrons. The van der Waals surface area contributed by atoms with Gasteiger partial charge in [-0.3, -0.25) is 4.79 Å². The minimum Gasteiger partial charge on any atom is -0.493 e. The van der Waals surface area contributed by atoms with Crippen molar-refractivity contribution in [3.8, 4) is 11.5 Å². The minimum absolute atomic E-state index is 0.0611. The van der Waals surface area contributed by atoms with Crippen molar-refractivity contribution in [2.75, 3.05) is 12.4 Å². The van der Waals surface area contributed by atoms with Crippen molar-refractivity contribution in [3.05, 3.63) is 74.6 Å². The highest BCUT2D eigenvalue weighted by atomic mass is 35.5. The zero-order chi connectivity index (χ0) is 23.1. The number of thiophene rings is 1. The number of halogens is 1. The Labute approximate surface area is 200 Å². The third kappa shape index (κ3) is 4.07. The van der Waals surface area contributed by atoms with E-state index in [-0.39, 0.29) is 17.2 Å². The number of hydrogen-bond acceptors (Lipinski definition) is 6. The predicted octanol–water partition coefficient (Wildman–Crippen LogP) is 5.61. The number of ether oxygens (including phenoxy) is 2. The van der Waals surface area contributed by atoms with Gasteiger partial charge in [0.2, 0.25) is 0 Å². The number of methoxy groups -OCH3 is 1. The van der Waals surface area contributed by atoms with Crippen molar-refractivity contribution in [3.63, 3.8) is 0 Å². The van der Waals surface area contributed by atoms with Crippen molar-refractivity contribution < 1.29 is 19.1 Å². The second-order valence-corrected chi connectivity index (χ2v) is 9.90. The van der Waals surface area contributed by atoms with Gasteiger partial charge in [0, 0.05) is 4.88 Å². The van der Waals surface area contributed by atoms with Gasteiger partial charge < -0.3 is 20.1 Å². The molecule has 1 aliphatic heterocycles. The SMILES string of the molecule is COc1cc([C@H]2NC(=O)c3c(sc4c3CC[C@H](C)C4)N2)ccc1OC(=O)c1ccccc1Cl. The molecule has 3 aromatic rings. The summed E-state index contributed by atoms with van der Waals surface area (Å²) in [6, 6.07) is 11.9. The van der Waals surface area contributed by atoms with E-state index in [0.717, 1.165) is 35.4 Å². The lowest BCUT2D eigenvalue weighted by molar-refractivity contribution is 0.0729. The maximum Gasteiger partial charge on any atom is 0.345 e. The van der Waals surface area contributed by atoms with Gasteiger partial charge in [-0.25, -0.2) is 4.79 Å². The summed E-state index contributed by atoms with van der Waals surface area (Å²) in [7, 11) is 1.51. The van der Waals surface area contributed by atoms with Crippen molar-refractivity contribution >= 4 is 39.8 Å². The predicted molar refractivity (Wildman–Crippen MR) is 129 cm³/mol. The van der Waals surface area contributed by atoms with Crippen LogP contribution in [0, 0.1) is 5.92 Å². The molecule has 0 spiro atoms. The number of fused-ring (bicyclic) bond motifs is 3. The summed E-state index contributed by atoms with van der Waals surface area (Å²) in [5.74, 6) is 0.665. The molecule has 0 bridgehead atoms. The molecule has 2 heterocycles. The first-order valence-corrected chi connectivity index (χ1v) is 12.0. The smallest absolute Gasteiger partial charge is 0.345 e. The fraction of sp³-hybridized carbons (Fsp3) is 0.280. The van der Waals surface area contributed by atoms with Crippen LogP contribution >= 0.6 is 22.9 Å². The largest absolute Gasteiger partial charge is 0.493 e. The van der Waals surface area contributed by atoms with E-state index in [9.17, 15) is 9.59 Å². The van der Waals surface area contributed by atoms with Crippen LogP contribution in [0.5, 0.6) is 11.5 Å². The molecule has 2 aromatic carbocycles. The average molecular weight is 483 g/mol. The van der Waals surface area contributed by atoms with Gasteiger partial charge in [-0.2, -0.15) is 0 Å². The number of esters is 1. The van der Waals surface area contributed by atoms with Crippen molar-refractivity contribution in [2.45, 2.75) is 32.4 Å². The highest BCUT2D eigenvalue weighted by Crippen LogP contribution is 2.43. The minimum atomic E-state index is -0.571. The standard InChI is InChI=1S/C25H23ClN2O4S/c1-13-7-9-16-20(11-13)33-24-21(16)23(29)27-22(28-24)14-8-10-18(19(12-14)31-2)32-25(30)15-5-3-4-6-17(15)26/h3-6,8,10,12-13,22,28H,7,9,11H2,1-2H3,(H,27,29)/t13-,22-/m0/s1. The lowest BCUT2D eigenvalue weighted by atomic mass is 9.88. The molecule has 33 heavy (non-hydrogen) atoms. The van der Waals surface area contributed by atoms with Crippen LogP contribution in [0.1, 0.15) is 56.2 Å². The van der Waals surface area contributed by atoms with E-state index in [1.807, 2.05) is 0 Å². The van der Waals surface area contributed by atoms with Gasteiger partial charge in [0.05, 0.1) is 23.3 Å². The Hall–Kier alpha value is -3.03. The molecule has 8 heteroatoms. The van der Waals surface area contributed by atoms with E-state index in [2.05, 4.69) is 17.6 Å². The molecular weight excluding hydrogens is 460 g/mol. The van der Waals surface area contributed by atoms with Crippen molar-refractivity contribution in [2.24, 2.45) is 5.92 Å². The first-order valence-electron chi connectivity index (χ1n) is 10.8. The Balaban J connectivity index is 1.39. The second kappa shape index (κ2) is 8.72. The summed E-state index contributed by atoms with van der Waals surface area (Å²) < 4.78 is 11.0. The normalized spacial score (nSPS) is 19.1. The van der Waals surface area contributed by atoms with E-state index >= 15 is 0 Å². The Morgan fingerprint density at radius 1 is 1.15 bits per heavy atom. The monoisotopic (exact) mass is 482 g/mol. The van der Waals surface area contributed by atoms with E-state index in [4.69, 9.17) is 21.1 Å². The highest BCUT2D eigenvalue weighted by molar-refractivity contribution is 7.16. The van der Waals surface area contributed by atoms with Gasteiger partial charge in [-0.15, -0.1) is 11.3 Å². The second-order valence-electron chi connectivity index (χ2n) is 8.39. The van der Waals surface area contributed by atoms with Crippen LogP contribution in [-0.2, 0) is 12.8 Å².